The van der Waals surface area contributed by atoms with Gasteiger partial charge in [-0.1, -0.05) is 0 Å². The standard InChI is InChI=1S/C10H16N4O.2ClH/c1-13-8-9(7-12-13)6-10(15)14-4-2-11-3-5-14;;/h7-8,11H,2-6H2,1H3;2*1H. The van der Waals surface area contributed by atoms with E-state index in [1.54, 1.807) is 10.9 Å². The molecule has 1 aliphatic heterocycles. The van der Waals surface area contributed by atoms with Crippen molar-refractivity contribution in [3.63, 3.8) is 0 Å². The van der Waals surface area contributed by atoms with Gasteiger partial charge in [-0.3, -0.25) is 9.48 Å². The van der Waals surface area contributed by atoms with Gasteiger partial charge in [0.25, 0.3) is 0 Å². The van der Waals surface area contributed by atoms with Crippen molar-refractivity contribution in [2.45, 2.75) is 6.42 Å². The second-order valence-electron chi connectivity index (χ2n) is 3.83. The van der Waals surface area contributed by atoms with Crippen molar-refractivity contribution < 1.29 is 4.79 Å². The molecule has 1 N–H and O–H groups in total. The quantitative estimate of drug-likeness (QED) is 0.844. The molecule has 98 valence electrons. The van der Waals surface area contributed by atoms with Crippen LogP contribution in [0.4, 0.5) is 0 Å². The lowest BCUT2D eigenvalue weighted by atomic mass is 10.2. The Kier molecular flexibility index (Phi) is 7.18. The van der Waals surface area contributed by atoms with Crippen molar-refractivity contribution in [3.8, 4) is 0 Å². The SMILES string of the molecule is Cl.Cl.Cn1cc(CC(=O)N2CCNCC2)cn1. The molecule has 0 aromatic carbocycles. The van der Waals surface area contributed by atoms with Crippen molar-refractivity contribution in [1.29, 1.82) is 0 Å². The molecule has 0 atom stereocenters. The fourth-order valence-electron chi connectivity index (χ4n) is 1.76. The fraction of sp³-hybridized carbons (Fsp3) is 0.600. The number of rotatable bonds is 2. The number of hydrogen-bond acceptors (Lipinski definition) is 3. The zero-order valence-corrected chi connectivity index (χ0v) is 11.4. The molecule has 0 aliphatic carbocycles. The summed E-state index contributed by atoms with van der Waals surface area (Å²) in [7, 11) is 1.86. The smallest absolute Gasteiger partial charge is 0.227 e. The van der Waals surface area contributed by atoms with Gasteiger partial charge in [0.15, 0.2) is 0 Å². The number of aryl methyl sites for hydroxylation is 1. The molecule has 1 aromatic heterocycles. The molecule has 0 unspecified atom stereocenters. The van der Waals surface area contributed by atoms with E-state index in [9.17, 15) is 4.79 Å². The van der Waals surface area contributed by atoms with Crippen LogP contribution >= 0.6 is 24.8 Å². The molecule has 2 rings (SSSR count). The van der Waals surface area contributed by atoms with E-state index in [2.05, 4.69) is 10.4 Å². The first kappa shape index (κ1) is 16.2. The third kappa shape index (κ3) is 4.53. The number of amides is 1. The largest absolute Gasteiger partial charge is 0.340 e. The second kappa shape index (κ2) is 7.53. The zero-order chi connectivity index (χ0) is 10.7. The number of carbonyl (C=O) groups excluding carboxylic acids is 1. The molecule has 5 nitrogen and oxygen atoms in total. The summed E-state index contributed by atoms with van der Waals surface area (Å²) in [5.74, 6) is 0.199. The number of nitrogens with one attached hydrogen (secondary N) is 1. The van der Waals surface area contributed by atoms with Crippen molar-refractivity contribution >= 4 is 30.7 Å². The highest BCUT2D eigenvalue weighted by atomic mass is 35.5. The van der Waals surface area contributed by atoms with E-state index in [4.69, 9.17) is 0 Å². The van der Waals surface area contributed by atoms with Gasteiger partial charge in [-0.25, -0.2) is 0 Å². The summed E-state index contributed by atoms with van der Waals surface area (Å²) in [6.45, 7) is 3.44. The predicted octanol–water partition coefficient (Wildman–Crippen LogP) is 0.238. The van der Waals surface area contributed by atoms with Gasteiger partial charge in [0.05, 0.1) is 12.6 Å². The molecular weight excluding hydrogens is 263 g/mol. The molecule has 17 heavy (non-hydrogen) atoms. The fourth-order valence-corrected chi connectivity index (χ4v) is 1.76. The molecule has 7 heteroatoms. The predicted molar refractivity (Wildman–Crippen MR) is 70.9 cm³/mol. The molecular formula is C10H18Cl2N4O. The average Bonchev–Trinajstić information content (AvgIpc) is 2.65. The van der Waals surface area contributed by atoms with Gasteiger partial charge in [-0.15, -0.1) is 24.8 Å². The lowest BCUT2D eigenvalue weighted by molar-refractivity contribution is -0.131. The molecule has 1 saturated heterocycles. The van der Waals surface area contributed by atoms with Crippen LogP contribution in [-0.4, -0.2) is 46.8 Å². The first-order valence-corrected chi connectivity index (χ1v) is 5.22. The van der Waals surface area contributed by atoms with Gasteiger partial charge < -0.3 is 10.2 Å². The summed E-state index contributed by atoms with van der Waals surface area (Å²) in [4.78, 5) is 13.7. The van der Waals surface area contributed by atoms with Crippen LogP contribution < -0.4 is 5.32 Å². The van der Waals surface area contributed by atoms with Crippen molar-refractivity contribution in [2.75, 3.05) is 26.2 Å². The lowest BCUT2D eigenvalue weighted by Gasteiger charge is -2.27. The summed E-state index contributed by atoms with van der Waals surface area (Å²) in [5.41, 5.74) is 0.987. The maximum absolute atomic E-state index is 11.8. The molecule has 1 amide bonds. The Morgan fingerprint density at radius 1 is 1.41 bits per heavy atom. The third-order valence-electron chi connectivity index (χ3n) is 2.58. The van der Waals surface area contributed by atoms with Gasteiger partial charge in [-0.2, -0.15) is 5.10 Å². The van der Waals surface area contributed by atoms with Crippen LogP contribution in [0.5, 0.6) is 0 Å². The van der Waals surface area contributed by atoms with Crippen molar-refractivity contribution in [3.05, 3.63) is 18.0 Å². The molecule has 1 aromatic rings. The minimum atomic E-state index is 0. The van der Waals surface area contributed by atoms with E-state index in [1.165, 1.54) is 0 Å². The molecule has 2 heterocycles. The van der Waals surface area contributed by atoms with Gasteiger partial charge in [0.1, 0.15) is 0 Å². The van der Waals surface area contributed by atoms with E-state index in [1.807, 2.05) is 18.1 Å². The first-order chi connectivity index (χ1) is 7.25. The van der Waals surface area contributed by atoms with Crippen LogP contribution in [0.15, 0.2) is 12.4 Å². The molecule has 0 radical (unpaired) electrons. The van der Waals surface area contributed by atoms with Crippen LogP contribution in [-0.2, 0) is 18.3 Å². The molecule has 1 aliphatic rings. The zero-order valence-electron chi connectivity index (χ0n) is 9.76. The van der Waals surface area contributed by atoms with E-state index in [0.717, 1.165) is 31.7 Å². The first-order valence-electron chi connectivity index (χ1n) is 5.22. The average molecular weight is 281 g/mol. The van der Waals surface area contributed by atoms with Gasteiger partial charge >= 0.3 is 0 Å². The second-order valence-corrected chi connectivity index (χ2v) is 3.83. The minimum absolute atomic E-state index is 0. The van der Waals surface area contributed by atoms with Gasteiger partial charge in [0.2, 0.25) is 5.91 Å². The molecule has 1 fully saturated rings. The van der Waals surface area contributed by atoms with Crippen LogP contribution in [0.1, 0.15) is 5.56 Å². The summed E-state index contributed by atoms with van der Waals surface area (Å²) >= 11 is 0. The lowest BCUT2D eigenvalue weighted by Crippen LogP contribution is -2.46. The third-order valence-corrected chi connectivity index (χ3v) is 2.58. The van der Waals surface area contributed by atoms with Crippen molar-refractivity contribution in [2.24, 2.45) is 7.05 Å². The van der Waals surface area contributed by atoms with Crippen LogP contribution in [0.3, 0.4) is 0 Å². The maximum atomic E-state index is 11.8. The highest BCUT2D eigenvalue weighted by molar-refractivity contribution is 5.85. The van der Waals surface area contributed by atoms with Gasteiger partial charge in [-0.05, 0) is 5.56 Å². The summed E-state index contributed by atoms with van der Waals surface area (Å²) in [6.07, 6.45) is 4.11. The Morgan fingerprint density at radius 2 is 2.06 bits per heavy atom. The number of hydrogen-bond donors (Lipinski definition) is 1. The monoisotopic (exact) mass is 280 g/mol. The van der Waals surface area contributed by atoms with E-state index in [-0.39, 0.29) is 30.7 Å². The summed E-state index contributed by atoms with van der Waals surface area (Å²) < 4.78 is 1.72. The minimum Gasteiger partial charge on any atom is -0.340 e. The van der Waals surface area contributed by atoms with Crippen LogP contribution in [0.25, 0.3) is 0 Å². The number of nitrogens with zero attached hydrogens (tertiary/aromatic N) is 3. The number of halogens is 2. The van der Waals surface area contributed by atoms with Crippen LogP contribution in [0, 0.1) is 0 Å². The highest BCUT2D eigenvalue weighted by Gasteiger charge is 2.16. The normalized spacial score (nSPS) is 14.8. The number of piperazine rings is 1. The number of carbonyl (C=O) groups is 1. The highest BCUT2D eigenvalue weighted by Crippen LogP contribution is 2.02. The molecule has 0 saturated carbocycles. The van der Waals surface area contributed by atoms with Gasteiger partial charge in [0, 0.05) is 39.4 Å². The Morgan fingerprint density at radius 3 is 2.59 bits per heavy atom. The maximum Gasteiger partial charge on any atom is 0.227 e. The summed E-state index contributed by atoms with van der Waals surface area (Å²) in [6, 6.07) is 0. The van der Waals surface area contributed by atoms with Crippen molar-refractivity contribution in [1.82, 2.24) is 20.0 Å². The Balaban J connectivity index is 0.00000128. The summed E-state index contributed by atoms with van der Waals surface area (Å²) in [5, 5.41) is 7.28. The van der Waals surface area contributed by atoms with E-state index in [0.29, 0.717) is 6.42 Å². The number of aromatic nitrogens is 2. The topological polar surface area (TPSA) is 50.2 Å². The Labute approximate surface area is 113 Å². The van der Waals surface area contributed by atoms with E-state index < -0.39 is 0 Å². The van der Waals surface area contributed by atoms with Crippen LogP contribution in [0.2, 0.25) is 0 Å². The Hall–Kier alpha value is -0.780. The molecule has 0 spiro atoms. The molecule has 0 bridgehead atoms. The van der Waals surface area contributed by atoms with E-state index >= 15 is 0 Å². The Bertz CT molecular complexity index is 350.